The summed E-state index contributed by atoms with van der Waals surface area (Å²) < 4.78 is 0. The summed E-state index contributed by atoms with van der Waals surface area (Å²) in [5.41, 5.74) is -0.0384. The van der Waals surface area contributed by atoms with Crippen molar-refractivity contribution in [1.29, 1.82) is 0 Å². The lowest BCUT2D eigenvalue weighted by atomic mass is 9.84. The fourth-order valence-corrected chi connectivity index (χ4v) is 5.13. The molecule has 0 aromatic heterocycles. The molecule has 0 aliphatic carbocycles. The number of aliphatic hydroxyl groups is 3. The monoisotopic (exact) mass is 486 g/mol. The first-order valence-corrected chi connectivity index (χ1v) is 14.3. The molecule has 0 aromatic carbocycles. The topological polar surface area (TPSA) is 82.4 Å². The van der Waals surface area contributed by atoms with Crippen molar-refractivity contribution in [2.75, 3.05) is 91.8 Å². The van der Waals surface area contributed by atoms with Gasteiger partial charge in [0.15, 0.2) is 0 Å². The first-order valence-electron chi connectivity index (χ1n) is 14.3. The van der Waals surface area contributed by atoms with Gasteiger partial charge in [-0.05, 0) is 65.0 Å². The number of rotatable bonds is 14. The van der Waals surface area contributed by atoms with E-state index in [0.717, 1.165) is 97.7 Å². The third-order valence-corrected chi connectivity index (χ3v) is 7.28. The lowest BCUT2D eigenvalue weighted by Gasteiger charge is -2.35. The van der Waals surface area contributed by atoms with Crippen LogP contribution in [0.1, 0.15) is 78.1 Å². The Morgan fingerprint density at radius 3 is 1.82 bits per heavy atom. The first kappa shape index (κ1) is 31.7. The molecular formula is C27H58N4O3. The summed E-state index contributed by atoms with van der Waals surface area (Å²) in [6.07, 6.45) is 12.1. The second kappa shape index (κ2) is 20.9. The Bertz CT molecular complexity index is 458. The van der Waals surface area contributed by atoms with E-state index in [0.29, 0.717) is 0 Å². The Hall–Kier alpha value is -0.280. The van der Waals surface area contributed by atoms with Crippen LogP contribution >= 0.6 is 0 Å². The predicted molar refractivity (Wildman–Crippen MR) is 143 cm³/mol. The molecule has 0 spiro atoms. The van der Waals surface area contributed by atoms with Crippen molar-refractivity contribution in [1.82, 2.24) is 20.0 Å². The van der Waals surface area contributed by atoms with Crippen LogP contribution in [0.3, 0.4) is 0 Å². The molecule has 4 N–H and O–H groups in total. The molecule has 34 heavy (non-hydrogen) atoms. The van der Waals surface area contributed by atoms with Gasteiger partial charge in [-0.1, -0.05) is 52.4 Å². The SMILES string of the molecule is CCCCCCCCC(C)(CO)CN1CCCN(CCO)CCCN(CCO)CCCNCC1. The quantitative estimate of drug-likeness (QED) is 0.281. The third kappa shape index (κ3) is 15.7. The van der Waals surface area contributed by atoms with Gasteiger partial charge in [0.05, 0.1) is 13.2 Å². The smallest absolute Gasteiger partial charge is 0.0558 e. The summed E-state index contributed by atoms with van der Waals surface area (Å²) in [7, 11) is 0. The summed E-state index contributed by atoms with van der Waals surface area (Å²) >= 11 is 0. The predicted octanol–water partition coefficient (Wildman–Crippen LogP) is 2.40. The van der Waals surface area contributed by atoms with E-state index >= 15 is 0 Å². The minimum absolute atomic E-state index is 0.0384. The number of hydrogen-bond donors (Lipinski definition) is 4. The average molecular weight is 487 g/mol. The summed E-state index contributed by atoms with van der Waals surface area (Å²) in [6.45, 7) is 15.6. The molecule has 1 unspecified atom stereocenters. The van der Waals surface area contributed by atoms with Crippen molar-refractivity contribution in [2.45, 2.75) is 78.1 Å². The van der Waals surface area contributed by atoms with Crippen LogP contribution in [-0.4, -0.2) is 122 Å². The summed E-state index contributed by atoms with van der Waals surface area (Å²) in [5, 5.41) is 32.8. The highest BCUT2D eigenvalue weighted by atomic mass is 16.3. The van der Waals surface area contributed by atoms with Crippen LogP contribution in [0, 0.1) is 5.41 Å². The van der Waals surface area contributed by atoms with Crippen molar-refractivity contribution >= 4 is 0 Å². The van der Waals surface area contributed by atoms with Crippen LogP contribution in [0.25, 0.3) is 0 Å². The molecule has 0 radical (unpaired) electrons. The standard InChI is InChI=1S/C27H58N4O3/c1-3-4-5-6-7-8-12-27(2,26-34)25-31-19-11-18-30(22-24-33)17-10-16-29(21-23-32)15-9-13-28-14-20-31/h28,32-34H,3-26H2,1-2H3. The van der Waals surface area contributed by atoms with Gasteiger partial charge in [-0.2, -0.15) is 0 Å². The van der Waals surface area contributed by atoms with Crippen molar-refractivity contribution in [3.8, 4) is 0 Å². The molecule has 0 bridgehead atoms. The Morgan fingerprint density at radius 2 is 1.24 bits per heavy atom. The number of aliphatic hydroxyl groups excluding tert-OH is 3. The molecule has 1 heterocycles. The van der Waals surface area contributed by atoms with Crippen molar-refractivity contribution in [3.05, 3.63) is 0 Å². The molecule has 1 atom stereocenters. The molecule has 0 amide bonds. The van der Waals surface area contributed by atoms with Gasteiger partial charge in [0, 0.05) is 44.7 Å². The van der Waals surface area contributed by atoms with E-state index < -0.39 is 0 Å². The van der Waals surface area contributed by atoms with Gasteiger partial charge in [-0.15, -0.1) is 0 Å². The maximum absolute atomic E-state index is 10.2. The van der Waals surface area contributed by atoms with Crippen LogP contribution in [0.2, 0.25) is 0 Å². The Kier molecular flexibility index (Phi) is 19.5. The van der Waals surface area contributed by atoms with E-state index in [4.69, 9.17) is 0 Å². The Labute approximate surface area is 210 Å². The van der Waals surface area contributed by atoms with Gasteiger partial charge in [0.25, 0.3) is 0 Å². The van der Waals surface area contributed by atoms with Gasteiger partial charge in [0.2, 0.25) is 0 Å². The Balaban J connectivity index is 2.62. The number of nitrogens with zero attached hydrogens (tertiary/aromatic N) is 3. The minimum atomic E-state index is -0.0384. The highest BCUT2D eigenvalue weighted by Crippen LogP contribution is 2.26. The molecule has 1 saturated heterocycles. The molecule has 204 valence electrons. The summed E-state index contributed by atoms with van der Waals surface area (Å²) in [5.74, 6) is 0. The van der Waals surface area contributed by atoms with Gasteiger partial charge in [0.1, 0.15) is 0 Å². The molecule has 1 aliphatic rings. The summed E-state index contributed by atoms with van der Waals surface area (Å²) in [4.78, 5) is 7.30. The minimum Gasteiger partial charge on any atom is -0.396 e. The van der Waals surface area contributed by atoms with Crippen molar-refractivity contribution < 1.29 is 15.3 Å². The highest BCUT2D eigenvalue weighted by Gasteiger charge is 2.26. The van der Waals surface area contributed by atoms with E-state index in [9.17, 15) is 15.3 Å². The van der Waals surface area contributed by atoms with Crippen molar-refractivity contribution in [3.63, 3.8) is 0 Å². The Morgan fingerprint density at radius 1 is 0.676 bits per heavy atom. The number of hydrogen-bond acceptors (Lipinski definition) is 7. The molecule has 0 aromatic rings. The summed E-state index contributed by atoms with van der Waals surface area (Å²) in [6, 6.07) is 0. The van der Waals surface area contributed by atoms with E-state index in [-0.39, 0.29) is 25.2 Å². The van der Waals surface area contributed by atoms with Crippen LogP contribution in [0.15, 0.2) is 0 Å². The maximum atomic E-state index is 10.2. The average Bonchev–Trinajstić information content (AvgIpc) is 2.83. The number of unbranched alkanes of at least 4 members (excludes halogenated alkanes) is 5. The van der Waals surface area contributed by atoms with Crippen LogP contribution in [0.5, 0.6) is 0 Å². The number of nitrogens with one attached hydrogen (secondary N) is 1. The third-order valence-electron chi connectivity index (χ3n) is 7.28. The largest absolute Gasteiger partial charge is 0.396 e. The zero-order valence-electron chi connectivity index (χ0n) is 22.7. The van der Waals surface area contributed by atoms with Gasteiger partial charge >= 0.3 is 0 Å². The molecule has 0 saturated carbocycles. The van der Waals surface area contributed by atoms with Crippen LogP contribution in [-0.2, 0) is 0 Å². The molecular weight excluding hydrogens is 428 g/mol. The zero-order chi connectivity index (χ0) is 24.9. The molecule has 1 rings (SSSR count). The second-order valence-electron chi connectivity index (χ2n) is 10.7. The van der Waals surface area contributed by atoms with E-state index in [1.54, 1.807) is 0 Å². The fourth-order valence-electron chi connectivity index (χ4n) is 5.13. The number of β-amino-alcohol motifs (C(OH)–C–C–N with tert-alkyl or cyclic N) is 2. The van der Waals surface area contributed by atoms with E-state index in [1.807, 2.05) is 0 Å². The van der Waals surface area contributed by atoms with Crippen molar-refractivity contribution in [2.24, 2.45) is 5.41 Å². The van der Waals surface area contributed by atoms with E-state index in [1.165, 1.54) is 38.5 Å². The maximum Gasteiger partial charge on any atom is 0.0558 e. The lowest BCUT2D eigenvalue weighted by Crippen LogP contribution is -2.43. The van der Waals surface area contributed by atoms with Crippen LogP contribution in [0.4, 0.5) is 0 Å². The van der Waals surface area contributed by atoms with Gasteiger partial charge < -0.3 is 35.3 Å². The van der Waals surface area contributed by atoms with E-state index in [2.05, 4.69) is 33.9 Å². The molecule has 1 aliphatic heterocycles. The van der Waals surface area contributed by atoms with Gasteiger partial charge in [-0.3, -0.25) is 0 Å². The van der Waals surface area contributed by atoms with Crippen LogP contribution < -0.4 is 5.32 Å². The first-order chi connectivity index (χ1) is 16.6. The van der Waals surface area contributed by atoms with Gasteiger partial charge in [-0.25, -0.2) is 0 Å². The normalized spacial score (nSPS) is 21.1. The molecule has 1 fully saturated rings. The lowest BCUT2D eigenvalue weighted by molar-refractivity contribution is 0.0755. The zero-order valence-corrected chi connectivity index (χ0v) is 22.7. The molecule has 7 nitrogen and oxygen atoms in total. The second-order valence-corrected chi connectivity index (χ2v) is 10.7. The molecule has 7 heteroatoms. The highest BCUT2D eigenvalue weighted by molar-refractivity contribution is 4.79. The fraction of sp³-hybridized carbons (Fsp3) is 1.00.